The van der Waals surface area contributed by atoms with E-state index in [1.165, 1.54) is 0 Å². The summed E-state index contributed by atoms with van der Waals surface area (Å²) in [6.07, 6.45) is 2.50. The number of carbonyl (C=O) groups excluding carboxylic acids is 1. The molecule has 78 valence electrons. The van der Waals surface area contributed by atoms with Crippen LogP contribution in [0.15, 0.2) is 24.3 Å². The summed E-state index contributed by atoms with van der Waals surface area (Å²) in [5.41, 5.74) is 1.29. The van der Waals surface area contributed by atoms with Crippen molar-refractivity contribution >= 4 is 21.7 Å². The van der Waals surface area contributed by atoms with E-state index in [4.69, 9.17) is 5.26 Å². The van der Waals surface area contributed by atoms with Crippen molar-refractivity contribution in [1.82, 2.24) is 0 Å². The fourth-order valence-corrected chi connectivity index (χ4v) is 1.65. The van der Waals surface area contributed by atoms with Gasteiger partial charge >= 0.3 is 0 Å². The molecule has 0 amide bonds. The number of unbranched alkanes of at least 4 members (excludes halogenated alkanes) is 1. The first kappa shape index (κ1) is 11.9. The number of alkyl halides is 1. The molecule has 0 aromatic heterocycles. The first-order valence-corrected chi connectivity index (χ1v) is 5.99. The van der Waals surface area contributed by atoms with Gasteiger partial charge in [0, 0.05) is 17.3 Å². The lowest BCUT2D eigenvalue weighted by Gasteiger charge is -1.99. The zero-order valence-corrected chi connectivity index (χ0v) is 9.96. The summed E-state index contributed by atoms with van der Waals surface area (Å²) in [5.74, 6) is 0.153. The maximum absolute atomic E-state index is 11.6. The second-order valence-electron chi connectivity index (χ2n) is 3.26. The molecule has 0 aliphatic carbocycles. The molecular formula is C12H12BrNO. The Hall–Kier alpha value is -1.14. The van der Waals surface area contributed by atoms with Crippen LogP contribution in [0, 0.1) is 11.3 Å². The molecule has 0 heterocycles. The van der Waals surface area contributed by atoms with E-state index in [0.29, 0.717) is 17.5 Å². The maximum Gasteiger partial charge on any atom is 0.162 e. The van der Waals surface area contributed by atoms with Gasteiger partial charge in [-0.05, 0) is 25.0 Å². The number of carbonyl (C=O) groups is 1. The van der Waals surface area contributed by atoms with Crippen LogP contribution in [0.1, 0.15) is 35.2 Å². The number of rotatable bonds is 5. The quantitative estimate of drug-likeness (QED) is 0.466. The Labute approximate surface area is 98.0 Å². The number of hydrogen-bond acceptors (Lipinski definition) is 2. The molecule has 0 aliphatic rings. The largest absolute Gasteiger partial charge is 0.294 e. The smallest absolute Gasteiger partial charge is 0.162 e. The SMILES string of the molecule is N#Cc1ccc(C(=O)CCCCBr)cc1. The van der Waals surface area contributed by atoms with Crippen molar-refractivity contribution in [3.8, 4) is 6.07 Å². The lowest BCUT2D eigenvalue weighted by Crippen LogP contribution is -1.98. The Kier molecular flexibility index (Phi) is 5.06. The molecule has 0 radical (unpaired) electrons. The number of nitrogens with zero attached hydrogens (tertiary/aromatic N) is 1. The molecule has 0 saturated heterocycles. The molecular weight excluding hydrogens is 254 g/mol. The molecule has 15 heavy (non-hydrogen) atoms. The van der Waals surface area contributed by atoms with Crippen molar-refractivity contribution in [1.29, 1.82) is 5.26 Å². The van der Waals surface area contributed by atoms with Gasteiger partial charge in [-0.25, -0.2) is 0 Å². The third-order valence-corrected chi connectivity index (χ3v) is 2.68. The molecule has 0 unspecified atom stereocenters. The van der Waals surface area contributed by atoms with Gasteiger partial charge in [0.05, 0.1) is 11.6 Å². The van der Waals surface area contributed by atoms with E-state index < -0.39 is 0 Å². The first-order chi connectivity index (χ1) is 7.27. The van der Waals surface area contributed by atoms with Crippen molar-refractivity contribution in [3.63, 3.8) is 0 Å². The topological polar surface area (TPSA) is 40.9 Å². The van der Waals surface area contributed by atoms with Gasteiger partial charge in [-0.1, -0.05) is 28.1 Å². The molecule has 2 nitrogen and oxygen atoms in total. The van der Waals surface area contributed by atoms with Crippen molar-refractivity contribution in [2.75, 3.05) is 5.33 Å². The Bertz CT molecular complexity index is 364. The van der Waals surface area contributed by atoms with E-state index in [1.807, 2.05) is 6.07 Å². The van der Waals surface area contributed by atoms with Crippen LogP contribution in [0.4, 0.5) is 0 Å². The summed E-state index contributed by atoms with van der Waals surface area (Å²) < 4.78 is 0. The zero-order chi connectivity index (χ0) is 11.1. The molecule has 3 heteroatoms. The molecule has 0 aliphatic heterocycles. The predicted octanol–water partition coefficient (Wildman–Crippen LogP) is 3.31. The van der Waals surface area contributed by atoms with Crippen LogP contribution in [-0.4, -0.2) is 11.1 Å². The van der Waals surface area contributed by atoms with E-state index in [2.05, 4.69) is 15.9 Å². The Morgan fingerprint density at radius 2 is 1.93 bits per heavy atom. The standard InChI is InChI=1S/C12H12BrNO/c13-8-2-1-3-12(15)11-6-4-10(9-14)5-7-11/h4-7H,1-3,8H2. The third kappa shape index (κ3) is 3.85. The van der Waals surface area contributed by atoms with Gasteiger partial charge < -0.3 is 0 Å². The van der Waals surface area contributed by atoms with Gasteiger partial charge in [-0.15, -0.1) is 0 Å². The molecule has 0 spiro atoms. The van der Waals surface area contributed by atoms with Gasteiger partial charge in [-0.3, -0.25) is 4.79 Å². The van der Waals surface area contributed by atoms with E-state index in [-0.39, 0.29) is 5.78 Å². The zero-order valence-electron chi connectivity index (χ0n) is 8.37. The van der Waals surface area contributed by atoms with Crippen molar-refractivity contribution < 1.29 is 4.79 Å². The fraction of sp³-hybridized carbons (Fsp3) is 0.333. The van der Waals surface area contributed by atoms with Gasteiger partial charge in [0.15, 0.2) is 5.78 Å². The molecule has 0 N–H and O–H groups in total. The number of hydrogen-bond donors (Lipinski definition) is 0. The van der Waals surface area contributed by atoms with E-state index in [9.17, 15) is 4.79 Å². The maximum atomic E-state index is 11.6. The molecule has 1 aromatic rings. The highest BCUT2D eigenvalue weighted by molar-refractivity contribution is 9.09. The molecule has 0 atom stereocenters. The minimum Gasteiger partial charge on any atom is -0.294 e. The Morgan fingerprint density at radius 1 is 1.27 bits per heavy atom. The molecule has 0 bridgehead atoms. The van der Waals surface area contributed by atoms with Crippen LogP contribution in [0.25, 0.3) is 0 Å². The highest BCUT2D eigenvalue weighted by Crippen LogP contribution is 2.09. The highest BCUT2D eigenvalue weighted by Gasteiger charge is 2.04. The summed E-state index contributed by atoms with van der Waals surface area (Å²) >= 11 is 3.33. The molecule has 0 fully saturated rings. The molecule has 0 saturated carbocycles. The van der Waals surface area contributed by atoms with Gasteiger partial charge in [-0.2, -0.15) is 5.26 Å². The van der Waals surface area contributed by atoms with Crippen LogP contribution >= 0.6 is 15.9 Å². The van der Waals surface area contributed by atoms with E-state index >= 15 is 0 Å². The molecule has 1 rings (SSSR count). The lowest BCUT2D eigenvalue weighted by atomic mass is 10.0. The van der Waals surface area contributed by atoms with Crippen LogP contribution < -0.4 is 0 Å². The fourth-order valence-electron chi connectivity index (χ4n) is 1.26. The van der Waals surface area contributed by atoms with Crippen molar-refractivity contribution in [2.24, 2.45) is 0 Å². The van der Waals surface area contributed by atoms with Crippen LogP contribution in [0.2, 0.25) is 0 Å². The highest BCUT2D eigenvalue weighted by atomic mass is 79.9. The van der Waals surface area contributed by atoms with E-state index in [1.54, 1.807) is 24.3 Å². The summed E-state index contributed by atoms with van der Waals surface area (Å²) in [6.45, 7) is 0. The monoisotopic (exact) mass is 265 g/mol. The minimum atomic E-state index is 0.153. The van der Waals surface area contributed by atoms with Gasteiger partial charge in [0.25, 0.3) is 0 Å². The molecule has 1 aromatic carbocycles. The summed E-state index contributed by atoms with van der Waals surface area (Å²) in [4.78, 5) is 11.6. The predicted molar refractivity (Wildman–Crippen MR) is 63.1 cm³/mol. The second-order valence-corrected chi connectivity index (χ2v) is 4.05. The number of Topliss-reactive ketones (excluding diaryl/α,β-unsaturated/α-hetero) is 1. The van der Waals surface area contributed by atoms with Crippen molar-refractivity contribution in [2.45, 2.75) is 19.3 Å². The lowest BCUT2D eigenvalue weighted by molar-refractivity contribution is 0.0980. The van der Waals surface area contributed by atoms with Crippen molar-refractivity contribution in [3.05, 3.63) is 35.4 Å². The van der Waals surface area contributed by atoms with E-state index in [0.717, 1.165) is 18.2 Å². The minimum absolute atomic E-state index is 0.153. The third-order valence-electron chi connectivity index (χ3n) is 2.12. The summed E-state index contributed by atoms with van der Waals surface area (Å²) in [5, 5.41) is 9.54. The number of ketones is 1. The second kappa shape index (κ2) is 6.36. The van der Waals surface area contributed by atoms with Crippen LogP contribution in [0.5, 0.6) is 0 Å². The van der Waals surface area contributed by atoms with Gasteiger partial charge in [0.2, 0.25) is 0 Å². The summed E-state index contributed by atoms with van der Waals surface area (Å²) in [6, 6.07) is 8.82. The van der Waals surface area contributed by atoms with Crippen LogP contribution in [0.3, 0.4) is 0 Å². The Morgan fingerprint density at radius 3 is 2.47 bits per heavy atom. The Balaban J connectivity index is 2.55. The van der Waals surface area contributed by atoms with Gasteiger partial charge in [0.1, 0.15) is 0 Å². The first-order valence-electron chi connectivity index (χ1n) is 4.87. The normalized spacial score (nSPS) is 9.60. The van der Waals surface area contributed by atoms with Crippen LogP contribution in [-0.2, 0) is 0 Å². The average Bonchev–Trinajstić information content (AvgIpc) is 2.29. The summed E-state index contributed by atoms with van der Waals surface area (Å²) in [7, 11) is 0. The number of halogens is 1. The number of benzene rings is 1. The number of nitriles is 1. The average molecular weight is 266 g/mol.